The van der Waals surface area contributed by atoms with Gasteiger partial charge in [0.2, 0.25) is 5.95 Å². The van der Waals surface area contributed by atoms with Crippen LogP contribution in [0.5, 0.6) is 0 Å². The summed E-state index contributed by atoms with van der Waals surface area (Å²) in [6.07, 6.45) is 6.90. The van der Waals surface area contributed by atoms with Crippen molar-refractivity contribution >= 4 is 17.1 Å². The van der Waals surface area contributed by atoms with Crippen LogP contribution in [0.2, 0.25) is 0 Å². The Hall–Kier alpha value is -2.67. The van der Waals surface area contributed by atoms with Gasteiger partial charge in [0.25, 0.3) is 0 Å². The number of nitrogens with zero attached hydrogens (tertiary/aromatic N) is 3. The van der Waals surface area contributed by atoms with Crippen molar-refractivity contribution < 1.29 is 0 Å². The van der Waals surface area contributed by atoms with Crippen molar-refractivity contribution in [3.05, 3.63) is 53.1 Å². The van der Waals surface area contributed by atoms with E-state index in [1.165, 1.54) is 0 Å². The maximum absolute atomic E-state index is 12.5. The quantitative estimate of drug-likeness (QED) is 0.747. The van der Waals surface area contributed by atoms with Crippen LogP contribution in [0.15, 0.2) is 47.4 Å². The number of nitrogens with one attached hydrogen (secondary N) is 3. The molecule has 1 aliphatic heterocycles. The molecule has 7 nitrogen and oxygen atoms in total. The number of hydrogen-bond donors (Lipinski definition) is 3. The molecule has 0 unspecified atom stereocenters. The molecule has 1 saturated heterocycles. The van der Waals surface area contributed by atoms with Crippen molar-refractivity contribution in [1.82, 2.24) is 24.8 Å². The first kappa shape index (κ1) is 15.8. The normalized spacial score (nSPS) is 18.6. The number of fused-ring (bicyclic) bond motifs is 1. The molecule has 2 aromatic rings. The van der Waals surface area contributed by atoms with E-state index in [1.54, 1.807) is 10.8 Å². The van der Waals surface area contributed by atoms with Crippen LogP contribution >= 0.6 is 0 Å². The molecule has 0 saturated carbocycles. The molecular weight excluding hydrogens is 316 g/mol. The van der Waals surface area contributed by atoms with Crippen molar-refractivity contribution in [2.45, 2.75) is 18.9 Å². The lowest BCUT2D eigenvalue weighted by atomic mass is 10.0. The van der Waals surface area contributed by atoms with Gasteiger partial charge in [0.1, 0.15) is 5.52 Å². The van der Waals surface area contributed by atoms with Crippen molar-refractivity contribution in [1.29, 1.82) is 0 Å². The topological polar surface area (TPSA) is 87.6 Å². The number of aromatic amines is 1. The number of rotatable bonds is 6. The Morgan fingerprint density at radius 1 is 1.28 bits per heavy atom. The average molecular weight is 338 g/mol. The van der Waals surface area contributed by atoms with E-state index in [4.69, 9.17) is 0 Å². The summed E-state index contributed by atoms with van der Waals surface area (Å²) in [4.78, 5) is 24.3. The van der Waals surface area contributed by atoms with Gasteiger partial charge in [0.05, 0.1) is 6.20 Å². The molecule has 7 heteroatoms. The highest BCUT2D eigenvalue weighted by atomic mass is 16.1. The van der Waals surface area contributed by atoms with Crippen LogP contribution in [-0.2, 0) is 0 Å². The standard InChI is InChI=1S/C18H22N6O/c1-3-12-5-14(6-13(12)4-2)24-16-15(22-18(24)25)10-21-17(23-16)20-9-11-7-19-8-11/h3-4,10-11,14,19H,1-2,5-9H2,(H,22,25)(H,20,21,23). The van der Waals surface area contributed by atoms with Crippen LogP contribution in [0.3, 0.4) is 0 Å². The number of allylic oxidation sites excluding steroid dienone is 4. The summed E-state index contributed by atoms with van der Waals surface area (Å²) < 4.78 is 1.74. The second kappa shape index (κ2) is 6.33. The van der Waals surface area contributed by atoms with Crippen molar-refractivity contribution in [3.8, 4) is 0 Å². The molecule has 3 heterocycles. The predicted molar refractivity (Wildman–Crippen MR) is 98.7 cm³/mol. The van der Waals surface area contributed by atoms with E-state index in [0.717, 1.165) is 43.6 Å². The van der Waals surface area contributed by atoms with Gasteiger partial charge in [-0.15, -0.1) is 0 Å². The summed E-state index contributed by atoms with van der Waals surface area (Å²) in [6.45, 7) is 10.6. The second-order valence-corrected chi connectivity index (χ2v) is 6.66. The maximum Gasteiger partial charge on any atom is 0.327 e. The van der Waals surface area contributed by atoms with Crippen molar-refractivity contribution in [3.63, 3.8) is 0 Å². The highest BCUT2D eigenvalue weighted by molar-refractivity contribution is 5.71. The molecule has 2 aromatic heterocycles. The Kier molecular flexibility index (Phi) is 4.01. The summed E-state index contributed by atoms with van der Waals surface area (Å²) in [5.74, 6) is 1.17. The minimum atomic E-state index is -0.150. The molecule has 2 aliphatic rings. The third-order valence-corrected chi connectivity index (χ3v) is 5.05. The largest absolute Gasteiger partial charge is 0.354 e. The summed E-state index contributed by atoms with van der Waals surface area (Å²) >= 11 is 0. The van der Waals surface area contributed by atoms with E-state index in [-0.39, 0.29) is 11.7 Å². The summed E-state index contributed by atoms with van der Waals surface area (Å²) in [5.41, 5.74) is 3.45. The zero-order valence-electron chi connectivity index (χ0n) is 14.1. The first-order valence-corrected chi connectivity index (χ1v) is 8.58. The van der Waals surface area contributed by atoms with Crippen LogP contribution in [-0.4, -0.2) is 39.2 Å². The Morgan fingerprint density at radius 2 is 2.00 bits per heavy atom. The Morgan fingerprint density at radius 3 is 2.60 bits per heavy atom. The highest BCUT2D eigenvalue weighted by Gasteiger charge is 2.26. The number of anilines is 1. The summed E-state index contributed by atoms with van der Waals surface area (Å²) in [5, 5.41) is 6.52. The van der Waals surface area contributed by atoms with E-state index in [0.29, 0.717) is 23.0 Å². The smallest absolute Gasteiger partial charge is 0.327 e. The number of H-pyrrole nitrogens is 1. The van der Waals surface area contributed by atoms with Gasteiger partial charge in [0, 0.05) is 31.6 Å². The SMILES string of the molecule is C=CC1=C(C=C)CC(n2c(=O)[nH]c3cnc(NCC4CNC4)nc32)C1. The molecule has 3 N–H and O–H groups in total. The fraction of sp³-hybridized carbons (Fsp3) is 0.389. The van der Waals surface area contributed by atoms with Crippen LogP contribution in [0.1, 0.15) is 18.9 Å². The minimum absolute atomic E-state index is 0.0285. The van der Waals surface area contributed by atoms with E-state index in [9.17, 15) is 4.79 Å². The van der Waals surface area contributed by atoms with Crippen LogP contribution in [0, 0.1) is 5.92 Å². The van der Waals surface area contributed by atoms with E-state index < -0.39 is 0 Å². The molecular formula is C18H22N6O. The van der Waals surface area contributed by atoms with Crippen LogP contribution in [0.4, 0.5) is 5.95 Å². The second-order valence-electron chi connectivity index (χ2n) is 6.66. The van der Waals surface area contributed by atoms with Gasteiger partial charge in [-0.2, -0.15) is 4.98 Å². The highest BCUT2D eigenvalue weighted by Crippen LogP contribution is 2.36. The predicted octanol–water partition coefficient (Wildman–Crippen LogP) is 1.75. The lowest BCUT2D eigenvalue weighted by Gasteiger charge is -2.27. The fourth-order valence-electron chi connectivity index (χ4n) is 3.52. The molecule has 4 rings (SSSR count). The molecule has 0 radical (unpaired) electrons. The molecule has 130 valence electrons. The third kappa shape index (κ3) is 2.80. The van der Waals surface area contributed by atoms with Gasteiger partial charge in [0.15, 0.2) is 5.65 Å². The summed E-state index contributed by atoms with van der Waals surface area (Å²) in [6, 6.07) is 0.0285. The lowest BCUT2D eigenvalue weighted by molar-refractivity contribution is 0.365. The molecule has 0 aromatic carbocycles. The molecule has 0 spiro atoms. The van der Waals surface area contributed by atoms with Crippen molar-refractivity contribution in [2.75, 3.05) is 25.0 Å². The van der Waals surface area contributed by atoms with Crippen LogP contribution < -0.4 is 16.3 Å². The lowest BCUT2D eigenvalue weighted by Crippen LogP contribution is -2.45. The summed E-state index contributed by atoms with van der Waals surface area (Å²) in [7, 11) is 0. The third-order valence-electron chi connectivity index (χ3n) is 5.05. The molecule has 1 fully saturated rings. The Labute approximate surface area is 145 Å². The van der Waals surface area contributed by atoms with Gasteiger partial charge in [-0.05, 0) is 24.0 Å². The van der Waals surface area contributed by atoms with Gasteiger partial charge >= 0.3 is 5.69 Å². The van der Waals surface area contributed by atoms with E-state index >= 15 is 0 Å². The fourth-order valence-corrected chi connectivity index (χ4v) is 3.52. The van der Waals surface area contributed by atoms with E-state index in [2.05, 4.69) is 38.7 Å². The average Bonchev–Trinajstić information content (AvgIpc) is 3.12. The minimum Gasteiger partial charge on any atom is -0.354 e. The molecule has 0 bridgehead atoms. The maximum atomic E-state index is 12.5. The Balaban J connectivity index is 1.64. The van der Waals surface area contributed by atoms with Gasteiger partial charge in [-0.1, -0.05) is 25.3 Å². The molecule has 1 aliphatic carbocycles. The first-order chi connectivity index (χ1) is 12.2. The zero-order chi connectivity index (χ0) is 17.4. The molecule has 0 amide bonds. The van der Waals surface area contributed by atoms with E-state index in [1.807, 2.05) is 12.2 Å². The number of aromatic nitrogens is 4. The zero-order valence-corrected chi connectivity index (χ0v) is 14.1. The first-order valence-electron chi connectivity index (χ1n) is 8.58. The van der Waals surface area contributed by atoms with Crippen molar-refractivity contribution in [2.24, 2.45) is 5.92 Å². The van der Waals surface area contributed by atoms with Crippen LogP contribution in [0.25, 0.3) is 11.2 Å². The van der Waals surface area contributed by atoms with Gasteiger partial charge < -0.3 is 15.6 Å². The Bertz CT molecular complexity index is 897. The van der Waals surface area contributed by atoms with Gasteiger partial charge in [-0.25, -0.2) is 9.78 Å². The number of hydrogen-bond acceptors (Lipinski definition) is 5. The number of imidazole rings is 1. The molecule has 0 atom stereocenters. The van der Waals surface area contributed by atoms with Gasteiger partial charge in [-0.3, -0.25) is 4.57 Å². The monoisotopic (exact) mass is 338 g/mol. The molecule has 25 heavy (non-hydrogen) atoms.